The highest BCUT2D eigenvalue weighted by atomic mass is 32.1. The van der Waals surface area contributed by atoms with Gasteiger partial charge in [-0.15, -0.1) is 11.3 Å². The van der Waals surface area contributed by atoms with Crippen LogP contribution in [-0.2, 0) is 4.74 Å². The Bertz CT molecular complexity index is 991. The molecular formula is C20H18F2N3O2PS. The van der Waals surface area contributed by atoms with E-state index in [1.165, 1.54) is 20.6 Å². The van der Waals surface area contributed by atoms with Gasteiger partial charge in [0.15, 0.2) is 11.4 Å². The lowest BCUT2D eigenvalue weighted by Gasteiger charge is -2.25. The number of halogens is 2. The van der Waals surface area contributed by atoms with E-state index >= 15 is 0 Å². The van der Waals surface area contributed by atoms with E-state index < -0.39 is 12.0 Å². The number of alkyl halides is 2. The fourth-order valence-corrected chi connectivity index (χ4v) is 3.91. The molecule has 0 spiro atoms. The van der Waals surface area contributed by atoms with Gasteiger partial charge in [-0.25, -0.2) is 4.98 Å². The van der Waals surface area contributed by atoms with Crippen LogP contribution in [0.25, 0.3) is 0 Å². The van der Waals surface area contributed by atoms with Gasteiger partial charge in [0.05, 0.1) is 24.3 Å². The number of aromatic nitrogens is 1. The van der Waals surface area contributed by atoms with Gasteiger partial charge in [-0.05, 0) is 52.4 Å². The number of anilines is 2. The van der Waals surface area contributed by atoms with Crippen LogP contribution in [-0.4, -0.2) is 29.8 Å². The third kappa shape index (κ3) is 5.54. The Balaban J connectivity index is 1.85. The van der Waals surface area contributed by atoms with Crippen molar-refractivity contribution in [2.45, 2.75) is 25.3 Å². The molecule has 2 aromatic rings. The fourth-order valence-electron chi connectivity index (χ4n) is 2.84. The number of nitriles is 1. The van der Waals surface area contributed by atoms with E-state index in [9.17, 15) is 13.6 Å². The van der Waals surface area contributed by atoms with Gasteiger partial charge >= 0.3 is 5.85 Å². The normalized spacial score (nSPS) is 16.2. The Morgan fingerprint density at radius 2 is 2.17 bits per heavy atom. The Kier molecular flexibility index (Phi) is 6.53. The van der Waals surface area contributed by atoms with Gasteiger partial charge in [-0.3, -0.25) is 4.79 Å². The first-order chi connectivity index (χ1) is 13.8. The number of carbonyl (C=O) groups is 1. The van der Waals surface area contributed by atoms with Crippen molar-refractivity contribution in [3.05, 3.63) is 64.2 Å². The number of rotatable bonds is 7. The standard InChI is InChI=1S/C20H18F2N3O2PS/c1-13-18(12-26)24-19(29-13)25(16-6-2-14(10-23)3-7-16)11-15-4-8-17(9-5-15)27-20(21,22)28/h2-8,12,17H,9,11,28H2,1H3/t17-/m0/s1. The molecule has 1 aromatic heterocycles. The number of hydrogen-bond donors (Lipinski definition) is 0. The monoisotopic (exact) mass is 433 g/mol. The van der Waals surface area contributed by atoms with Crippen LogP contribution in [0, 0.1) is 18.3 Å². The maximum Gasteiger partial charge on any atom is 0.367 e. The summed E-state index contributed by atoms with van der Waals surface area (Å²) < 4.78 is 30.7. The maximum absolute atomic E-state index is 13.0. The average molecular weight is 433 g/mol. The molecule has 1 aromatic carbocycles. The number of aldehydes is 1. The fraction of sp³-hybridized carbons (Fsp3) is 0.250. The summed E-state index contributed by atoms with van der Waals surface area (Å²) in [7, 11) is 1.37. The molecule has 0 aliphatic heterocycles. The van der Waals surface area contributed by atoms with Gasteiger partial charge in [-0.1, -0.05) is 18.2 Å². The number of carbonyl (C=O) groups excluding carboxylic acids is 1. The summed E-state index contributed by atoms with van der Waals surface area (Å²) in [5.74, 6) is -3.27. The molecule has 0 N–H and O–H groups in total. The summed E-state index contributed by atoms with van der Waals surface area (Å²) >= 11 is 1.39. The zero-order valence-corrected chi connectivity index (χ0v) is 17.5. The molecule has 0 radical (unpaired) electrons. The van der Waals surface area contributed by atoms with E-state index in [1.807, 2.05) is 30.0 Å². The molecule has 29 heavy (non-hydrogen) atoms. The maximum atomic E-state index is 13.0. The predicted octanol–water partition coefficient (Wildman–Crippen LogP) is 4.97. The van der Waals surface area contributed by atoms with Gasteiger partial charge in [0, 0.05) is 10.6 Å². The van der Waals surface area contributed by atoms with Gasteiger partial charge in [0.1, 0.15) is 5.69 Å². The second-order valence-corrected chi connectivity index (χ2v) is 8.25. The number of aryl methyl sites for hydroxylation is 1. The van der Waals surface area contributed by atoms with E-state index in [2.05, 4.69) is 15.8 Å². The number of benzene rings is 1. The Hall–Kier alpha value is -2.46. The molecule has 0 amide bonds. The zero-order chi connectivity index (χ0) is 21.0. The van der Waals surface area contributed by atoms with Crippen LogP contribution in [0.3, 0.4) is 0 Å². The lowest BCUT2D eigenvalue weighted by molar-refractivity contribution is -0.182. The first-order valence-corrected chi connectivity index (χ1v) is 10.1. The predicted molar refractivity (Wildman–Crippen MR) is 112 cm³/mol. The number of hydrogen-bond acceptors (Lipinski definition) is 6. The highest BCUT2D eigenvalue weighted by molar-refractivity contribution is 7.17. The van der Waals surface area contributed by atoms with Gasteiger partial charge in [0.2, 0.25) is 0 Å². The van der Waals surface area contributed by atoms with Gasteiger partial charge in [0.25, 0.3) is 0 Å². The van der Waals surface area contributed by atoms with Crippen LogP contribution >= 0.6 is 20.6 Å². The molecule has 1 aliphatic carbocycles. The second-order valence-electron chi connectivity index (χ2n) is 6.39. The molecule has 9 heteroatoms. The second kappa shape index (κ2) is 8.91. The molecular weight excluding hydrogens is 415 g/mol. The zero-order valence-electron chi connectivity index (χ0n) is 15.5. The number of thiazole rings is 1. The van der Waals surface area contributed by atoms with Crippen molar-refractivity contribution in [1.29, 1.82) is 5.26 Å². The lowest BCUT2D eigenvalue weighted by Crippen LogP contribution is -2.24. The minimum absolute atomic E-state index is 0.327. The lowest BCUT2D eigenvalue weighted by atomic mass is 10.0. The van der Waals surface area contributed by atoms with Crippen LogP contribution in [0.5, 0.6) is 0 Å². The van der Waals surface area contributed by atoms with Crippen molar-refractivity contribution in [1.82, 2.24) is 4.98 Å². The van der Waals surface area contributed by atoms with Crippen molar-refractivity contribution >= 4 is 37.7 Å². The minimum Gasteiger partial charge on any atom is -0.313 e. The molecule has 0 saturated carbocycles. The minimum atomic E-state index is -3.27. The average Bonchev–Trinajstić information content (AvgIpc) is 3.07. The third-order valence-corrected chi connectivity index (χ3v) is 5.40. The van der Waals surface area contributed by atoms with E-state index in [0.29, 0.717) is 29.4 Å². The first kappa shape index (κ1) is 21.3. The quantitative estimate of drug-likeness (QED) is 0.456. The van der Waals surface area contributed by atoms with Crippen LogP contribution in [0.15, 0.2) is 48.1 Å². The molecule has 1 heterocycles. The van der Waals surface area contributed by atoms with Crippen LogP contribution in [0.2, 0.25) is 0 Å². The van der Waals surface area contributed by atoms with Crippen LogP contribution in [0.4, 0.5) is 19.6 Å². The molecule has 0 bridgehead atoms. The third-order valence-electron chi connectivity index (χ3n) is 4.26. The van der Waals surface area contributed by atoms with Crippen molar-refractivity contribution < 1.29 is 18.3 Å². The summed E-state index contributed by atoms with van der Waals surface area (Å²) in [6.45, 7) is 2.25. The van der Waals surface area contributed by atoms with E-state index in [1.54, 1.807) is 24.3 Å². The highest BCUT2D eigenvalue weighted by Gasteiger charge is 2.27. The summed E-state index contributed by atoms with van der Waals surface area (Å²) in [6, 6.07) is 9.12. The number of ether oxygens (including phenoxy) is 1. The van der Waals surface area contributed by atoms with Crippen molar-refractivity contribution in [3.63, 3.8) is 0 Å². The summed E-state index contributed by atoms with van der Waals surface area (Å²) in [5.41, 5.74) is 2.63. The summed E-state index contributed by atoms with van der Waals surface area (Å²) in [5, 5.41) is 9.66. The molecule has 0 fully saturated rings. The Morgan fingerprint density at radius 3 is 2.69 bits per heavy atom. The summed E-state index contributed by atoms with van der Waals surface area (Å²) in [6.07, 6.45) is 5.55. The molecule has 0 saturated heterocycles. The van der Waals surface area contributed by atoms with Crippen LogP contribution in [0.1, 0.15) is 27.3 Å². The molecule has 3 rings (SSSR count). The molecule has 2 atom stereocenters. The smallest absolute Gasteiger partial charge is 0.313 e. The van der Waals surface area contributed by atoms with Crippen molar-refractivity contribution in [2.24, 2.45) is 0 Å². The topological polar surface area (TPSA) is 66.2 Å². The molecule has 150 valence electrons. The van der Waals surface area contributed by atoms with Crippen LogP contribution < -0.4 is 4.90 Å². The molecule has 1 unspecified atom stereocenters. The van der Waals surface area contributed by atoms with Crippen molar-refractivity contribution in [2.75, 3.05) is 11.4 Å². The van der Waals surface area contributed by atoms with Gasteiger partial charge in [-0.2, -0.15) is 14.0 Å². The Labute approximate surface area is 173 Å². The van der Waals surface area contributed by atoms with E-state index in [4.69, 9.17) is 5.26 Å². The highest BCUT2D eigenvalue weighted by Crippen LogP contribution is 2.33. The van der Waals surface area contributed by atoms with E-state index in [-0.39, 0.29) is 0 Å². The first-order valence-electron chi connectivity index (χ1n) is 8.71. The van der Waals surface area contributed by atoms with Crippen molar-refractivity contribution in [3.8, 4) is 6.07 Å². The molecule has 1 aliphatic rings. The SMILES string of the molecule is Cc1sc(N(CC2=CC[C@@H](OC(F)(F)P)C=C2)c2ccc(C#N)cc2)nc1C=O. The number of nitrogens with zero attached hydrogens (tertiary/aromatic N) is 3. The Morgan fingerprint density at radius 1 is 1.45 bits per heavy atom. The largest absolute Gasteiger partial charge is 0.367 e. The molecule has 5 nitrogen and oxygen atoms in total. The van der Waals surface area contributed by atoms with E-state index in [0.717, 1.165) is 22.4 Å². The van der Waals surface area contributed by atoms with Gasteiger partial charge < -0.3 is 9.64 Å². The summed E-state index contributed by atoms with van der Waals surface area (Å²) in [4.78, 5) is 18.4.